The number of nitrogens with one attached hydrogen (secondary N) is 2. The van der Waals surface area contributed by atoms with E-state index in [4.69, 9.17) is 0 Å². The van der Waals surface area contributed by atoms with Gasteiger partial charge >= 0.3 is 0 Å². The fourth-order valence-electron chi connectivity index (χ4n) is 4.11. The zero-order valence-electron chi connectivity index (χ0n) is 19.9. The van der Waals surface area contributed by atoms with Crippen LogP contribution in [0.2, 0.25) is 0 Å². The summed E-state index contributed by atoms with van der Waals surface area (Å²) in [5.74, 6) is 1.11. The molecule has 174 valence electrons. The zero-order valence-corrected chi connectivity index (χ0v) is 19.9. The van der Waals surface area contributed by atoms with E-state index in [0.29, 0.717) is 23.0 Å². The molecular formula is C28H26N6O. The van der Waals surface area contributed by atoms with Gasteiger partial charge < -0.3 is 10.6 Å². The first-order chi connectivity index (χ1) is 17.0. The Bertz CT molecular complexity index is 1510. The number of benzene rings is 3. The first-order valence-electron chi connectivity index (χ1n) is 11.5. The molecule has 0 aliphatic heterocycles. The molecule has 0 spiro atoms. The van der Waals surface area contributed by atoms with E-state index in [9.17, 15) is 4.79 Å². The highest BCUT2D eigenvalue weighted by Gasteiger charge is 2.13. The molecule has 0 aliphatic rings. The van der Waals surface area contributed by atoms with E-state index < -0.39 is 0 Å². The number of hydrogen-bond acceptors (Lipinski definition) is 5. The van der Waals surface area contributed by atoms with Gasteiger partial charge in [0.05, 0.1) is 17.1 Å². The summed E-state index contributed by atoms with van der Waals surface area (Å²) in [5, 5.41) is 6.34. The van der Waals surface area contributed by atoms with Crippen molar-refractivity contribution in [1.82, 2.24) is 19.5 Å². The van der Waals surface area contributed by atoms with Crippen LogP contribution in [0.3, 0.4) is 0 Å². The van der Waals surface area contributed by atoms with Crippen molar-refractivity contribution >= 4 is 28.6 Å². The molecule has 7 heteroatoms. The SMILES string of the molecule is Cc1ccc(C(=O)Nc2ccc3c(c2)ncn3-c2ccnc(NC(C)c3ccccc3)n2)c(C)c1. The normalized spacial score (nSPS) is 11.9. The van der Waals surface area contributed by atoms with Crippen molar-refractivity contribution in [2.75, 3.05) is 10.6 Å². The molecule has 3 aromatic carbocycles. The molecule has 7 nitrogen and oxygen atoms in total. The number of aryl methyl sites for hydroxylation is 2. The molecule has 0 fully saturated rings. The highest BCUT2D eigenvalue weighted by molar-refractivity contribution is 6.06. The van der Waals surface area contributed by atoms with E-state index >= 15 is 0 Å². The standard InChI is InChI=1S/C28H26N6O/c1-18-9-11-23(19(2)15-18)27(35)32-22-10-12-25-24(16-22)30-17-34(25)26-13-14-29-28(33-26)31-20(3)21-7-5-4-6-8-21/h4-17,20H,1-3H3,(H,32,35)(H,29,31,33). The summed E-state index contributed by atoms with van der Waals surface area (Å²) in [5.41, 5.74) is 6.22. The summed E-state index contributed by atoms with van der Waals surface area (Å²) < 4.78 is 1.91. The quantitative estimate of drug-likeness (QED) is 0.330. The summed E-state index contributed by atoms with van der Waals surface area (Å²) in [6.45, 7) is 6.03. The number of fused-ring (bicyclic) bond motifs is 1. The molecule has 2 heterocycles. The molecule has 5 rings (SSSR count). The van der Waals surface area contributed by atoms with Crippen molar-refractivity contribution in [1.29, 1.82) is 0 Å². The number of amides is 1. The molecule has 0 saturated carbocycles. The van der Waals surface area contributed by atoms with Crippen LogP contribution in [0.1, 0.15) is 40.0 Å². The molecule has 1 amide bonds. The second kappa shape index (κ2) is 9.38. The van der Waals surface area contributed by atoms with Crippen LogP contribution in [0.25, 0.3) is 16.9 Å². The van der Waals surface area contributed by atoms with Crippen LogP contribution in [0.15, 0.2) is 85.3 Å². The van der Waals surface area contributed by atoms with Crippen LogP contribution in [0.4, 0.5) is 11.6 Å². The van der Waals surface area contributed by atoms with Crippen molar-refractivity contribution in [3.8, 4) is 5.82 Å². The largest absolute Gasteiger partial charge is 0.348 e. The van der Waals surface area contributed by atoms with E-state index in [1.54, 1.807) is 12.5 Å². The highest BCUT2D eigenvalue weighted by Crippen LogP contribution is 2.23. The monoisotopic (exact) mass is 462 g/mol. The lowest BCUT2D eigenvalue weighted by atomic mass is 10.1. The molecule has 2 N–H and O–H groups in total. The van der Waals surface area contributed by atoms with Gasteiger partial charge in [-0.1, -0.05) is 48.0 Å². The number of aromatic nitrogens is 4. The summed E-state index contributed by atoms with van der Waals surface area (Å²) in [7, 11) is 0. The first kappa shape index (κ1) is 22.3. The number of carbonyl (C=O) groups excluding carboxylic acids is 1. The summed E-state index contributed by atoms with van der Waals surface area (Å²) in [6.07, 6.45) is 3.46. The van der Waals surface area contributed by atoms with Gasteiger partial charge in [0, 0.05) is 17.4 Å². The van der Waals surface area contributed by atoms with Crippen molar-refractivity contribution in [3.05, 3.63) is 108 Å². The highest BCUT2D eigenvalue weighted by atomic mass is 16.1. The van der Waals surface area contributed by atoms with Crippen LogP contribution in [0, 0.1) is 13.8 Å². The maximum atomic E-state index is 12.8. The predicted molar refractivity (Wildman–Crippen MR) is 139 cm³/mol. The lowest BCUT2D eigenvalue weighted by molar-refractivity contribution is 0.102. The maximum Gasteiger partial charge on any atom is 0.255 e. The van der Waals surface area contributed by atoms with Crippen molar-refractivity contribution < 1.29 is 4.79 Å². The van der Waals surface area contributed by atoms with E-state index in [-0.39, 0.29) is 11.9 Å². The third kappa shape index (κ3) is 4.75. The lowest BCUT2D eigenvalue weighted by Crippen LogP contribution is -2.13. The smallest absolute Gasteiger partial charge is 0.255 e. The minimum absolute atomic E-state index is 0.0642. The van der Waals surface area contributed by atoms with Gasteiger partial charge in [0.1, 0.15) is 12.1 Å². The number of hydrogen-bond donors (Lipinski definition) is 2. The van der Waals surface area contributed by atoms with Crippen LogP contribution < -0.4 is 10.6 Å². The van der Waals surface area contributed by atoms with Crippen molar-refractivity contribution in [3.63, 3.8) is 0 Å². The second-order valence-corrected chi connectivity index (χ2v) is 8.61. The molecule has 1 atom stereocenters. The van der Waals surface area contributed by atoms with E-state index in [2.05, 4.69) is 44.6 Å². The van der Waals surface area contributed by atoms with Gasteiger partial charge in [0.25, 0.3) is 5.91 Å². The second-order valence-electron chi connectivity index (χ2n) is 8.61. The van der Waals surface area contributed by atoms with Crippen LogP contribution in [-0.2, 0) is 0 Å². The molecule has 0 radical (unpaired) electrons. The first-order valence-corrected chi connectivity index (χ1v) is 11.5. The Morgan fingerprint density at radius 2 is 1.77 bits per heavy atom. The van der Waals surface area contributed by atoms with Crippen molar-refractivity contribution in [2.45, 2.75) is 26.8 Å². The van der Waals surface area contributed by atoms with E-state index in [1.807, 2.05) is 79.1 Å². The average Bonchev–Trinajstić information content (AvgIpc) is 3.28. The average molecular weight is 463 g/mol. The Kier molecular flexibility index (Phi) is 5.97. The fraction of sp³-hybridized carbons (Fsp3) is 0.143. The van der Waals surface area contributed by atoms with Gasteiger partial charge in [0.2, 0.25) is 5.95 Å². The van der Waals surface area contributed by atoms with Crippen LogP contribution in [0.5, 0.6) is 0 Å². The Balaban J connectivity index is 1.37. The van der Waals surface area contributed by atoms with Crippen molar-refractivity contribution in [2.24, 2.45) is 0 Å². The molecular weight excluding hydrogens is 436 g/mol. The molecule has 1 unspecified atom stereocenters. The summed E-state index contributed by atoms with van der Waals surface area (Å²) >= 11 is 0. The Morgan fingerprint density at radius 3 is 2.57 bits per heavy atom. The third-order valence-corrected chi connectivity index (χ3v) is 5.96. The van der Waals surface area contributed by atoms with Gasteiger partial charge in [0.15, 0.2) is 0 Å². The zero-order chi connectivity index (χ0) is 24.4. The lowest BCUT2D eigenvalue weighted by Gasteiger charge is -2.14. The molecule has 2 aromatic heterocycles. The number of carbonyl (C=O) groups is 1. The Hall–Kier alpha value is -4.52. The third-order valence-electron chi connectivity index (χ3n) is 5.96. The summed E-state index contributed by atoms with van der Waals surface area (Å²) in [4.78, 5) is 26.4. The van der Waals surface area contributed by atoms with Gasteiger partial charge in [-0.2, -0.15) is 4.98 Å². The molecule has 35 heavy (non-hydrogen) atoms. The number of nitrogens with zero attached hydrogens (tertiary/aromatic N) is 4. The van der Waals surface area contributed by atoms with E-state index in [1.165, 1.54) is 0 Å². The number of anilines is 2. The Labute approximate surface area is 203 Å². The molecule has 0 bridgehead atoms. The van der Waals surface area contributed by atoms with Crippen LogP contribution >= 0.6 is 0 Å². The van der Waals surface area contributed by atoms with E-state index in [0.717, 1.165) is 27.7 Å². The number of imidazole rings is 1. The van der Waals surface area contributed by atoms with Gasteiger partial charge in [-0.3, -0.25) is 9.36 Å². The molecule has 0 saturated heterocycles. The Morgan fingerprint density at radius 1 is 0.943 bits per heavy atom. The van der Waals surface area contributed by atoms with Gasteiger partial charge in [-0.15, -0.1) is 0 Å². The minimum Gasteiger partial charge on any atom is -0.348 e. The topological polar surface area (TPSA) is 84.7 Å². The maximum absolute atomic E-state index is 12.8. The fourth-order valence-corrected chi connectivity index (χ4v) is 4.11. The number of rotatable bonds is 6. The van der Waals surface area contributed by atoms with Gasteiger partial charge in [-0.25, -0.2) is 9.97 Å². The summed E-state index contributed by atoms with van der Waals surface area (Å²) in [6, 6.07) is 23.6. The molecule has 0 aliphatic carbocycles. The minimum atomic E-state index is -0.139. The van der Waals surface area contributed by atoms with Crippen LogP contribution in [-0.4, -0.2) is 25.4 Å². The van der Waals surface area contributed by atoms with Gasteiger partial charge in [-0.05, 0) is 62.2 Å². The molecule has 5 aromatic rings. The predicted octanol–water partition coefficient (Wildman–Crippen LogP) is 5.86.